The molecule has 1 heterocycles. The van der Waals surface area contributed by atoms with Crippen molar-refractivity contribution in [3.05, 3.63) is 56.2 Å². The van der Waals surface area contributed by atoms with E-state index in [0.717, 1.165) is 5.75 Å². The fraction of sp³-hybridized carbons (Fsp3) is 0.400. The number of carbonyl (C=O) groups is 2. The van der Waals surface area contributed by atoms with E-state index in [1.165, 1.54) is 10.9 Å². The van der Waals surface area contributed by atoms with Crippen LogP contribution in [0.15, 0.2) is 35.7 Å². The highest BCUT2D eigenvalue weighted by atomic mass is 35.5. The number of carbonyl (C=O) groups excluding carboxylic acids is 2. The van der Waals surface area contributed by atoms with Crippen LogP contribution in [-0.2, 0) is 4.79 Å². The number of rotatable bonds is 10. The van der Waals surface area contributed by atoms with Crippen LogP contribution >= 0.6 is 46.3 Å². The molecule has 1 aromatic heterocycles. The van der Waals surface area contributed by atoms with Gasteiger partial charge in [-0.3, -0.25) is 9.59 Å². The average Bonchev–Trinajstić information content (AvgIpc) is 3.18. The molecule has 2 rings (SSSR count). The number of thioether (sulfide) groups is 1. The van der Waals surface area contributed by atoms with Crippen molar-refractivity contribution in [3.63, 3.8) is 0 Å². The van der Waals surface area contributed by atoms with Crippen LogP contribution in [0.4, 0.5) is 0 Å². The van der Waals surface area contributed by atoms with Crippen LogP contribution < -0.4 is 10.6 Å². The van der Waals surface area contributed by atoms with Gasteiger partial charge in [0.1, 0.15) is 6.04 Å². The minimum atomic E-state index is -0.646. The standard InChI is InChI=1S/C20H25Cl2N3O2S2/c1-25(2)17(18-5-4-9-29-18)12-23-20(27)16(8-10-28-3)24-19(26)14-7-6-13(21)11-15(14)22/h4-7,9,11,16-17H,8,10,12H2,1-3H3,(H,23,27)(H,24,26)/t16-,17-/m0/s1. The summed E-state index contributed by atoms with van der Waals surface area (Å²) >= 11 is 15.3. The molecule has 0 aliphatic heterocycles. The normalized spacial score (nSPS) is 13.2. The Balaban J connectivity index is 2.05. The van der Waals surface area contributed by atoms with Crippen molar-refractivity contribution in [1.82, 2.24) is 15.5 Å². The molecular weight excluding hydrogens is 449 g/mol. The van der Waals surface area contributed by atoms with Gasteiger partial charge < -0.3 is 15.5 Å². The molecule has 0 saturated heterocycles. The molecule has 29 heavy (non-hydrogen) atoms. The molecule has 1 aromatic carbocycles. The van der Waals surface area contributed by atoms with E-state index in [9.17, 15) is 9.59 Å². The van der Waals surface area contributed by atoms with Crippen LogP contribution in [0.3, 0.4) is 0 Å². The quantitative estimate of drug-likeness (QED) is 0.538. The molecule has 0 fully saturated rings. The number of hydrogen-bond acceptors (Lipinski definition) is 5. The fourth-order valence-electron chi connectivity index (χ4n) is 2.75. The Morgan fingerprint density at radius 3 is 2.59 bits per heavy atom. The van der Waals surface area contributed by atoms with E-state index >= 15 is 0 Å². The number of halogens is 2. The van der Waals surface area contributed by atoms with Gasteiger partial charge in [0.2, 0.25) is 5.91 Å². The summed E-state index contributed by atoms with van der Waals surface area (Å²) in [6.07, 6.45) is 2.49. The Bertz CT molecular complexity index is 816. The maximum Gasteiger partial charge on any atom is 0.253 e. The van der Waals surface area contributed by atoms with Crippen LogP contribution in [0.25, 0.3) is 0 Å². The lowest BCUT2D eigenvalue weighted by atomic mass is 10.1. The number of hydrogen-bond donors (Lipinski definition) is 2. The first kappa shape index (κ1) is 24.0. The van der Waals surface area contributed by atoms with Gasteiger partial charge in [-0.05, 0) is 62.2 Å². The topological polar surface area (TPSA) is 61.4 Å². The van der Waals surface area contributed by atoms with Gasteiger partial charge in [-0.1, -0.05) is 29.3 Å². The summed E-state index contributed by atoms with van der Waals surface area (Å²) < 4.78 is 0. The molecule has 0 aliphatic rings. The molecule has 2 amide bonds. The molecule has 0 unspecified atom stereocenters. The first-order valence-corrected chi connectivity index (χ1v) is 12.1. The lowest BCUT2D eigenvalue weighted by Crippen LogP contribution is -2.48. The predicted octanol–water partition coefficient (Wildman–Crippen LogP) is 4.33. The Hall–Kier alpha value is -1.25. The number of likely N-dealkylation sites (N-methyl/N-ethyl adjacent to an activating group) is 1. The van der Waals surface area contributed by atoms with Crippen LogP contribution in [-0.4, -0.2) is 55.4 Å². The van der Waals surface area contributed by atoms with Gasteiger partial charge in [0.05, 0.1) is 16.6 Å². The van der Waals surface area contributed by atoms with E-state index in [-0.39, 0.29) is 17.0 Å². The first-order chi connectivity index (χ1) is 13.8. The van der Waals surface area contributed by atoms with Crippen molar-refractivity contribution >= 4 is 58.1 Å². The average molecular weight is 474 g/mol. The molecule has 2 N–H and O–H groups in total. The molecule has 0 aliphatic carbocycles. The van der Waals surface area contributed by atoms with E-state index in [1.54, 1.807) is 35.2 Å². The zero-order valence-electron chi connectivity index (χ0n) is 16.6. The number of nitrogens with one attached hydrogen (secondary N) is 2. The summed E-state index contributed by atoms with van der Waals surface area (Å²) in [6, 6.07) is 8.14. The van der Waals surface area contributed by atoms with Crippen molar-refractivity contribution in [2.24, 2.45) is 0 Å². The number of thiophene rings is 1. The molecule has 0 spiro atoms. The largest absolute Gasteiger partial charge is 0.352 e. The highest BCUT2D eigenvalue weighted by molar-refractivity contribution is 7.98. The van der Waals surface area contributed by atoms with Gasteiger partial charge in [0, 0.05) is 16.4 Å². The van der Waals surface area contributed by atoms with Crippen molar-refractivity contribution in [1.29, 1.82) is 0 Å². The highest BCUT2D eigenvalue weighted by Crippen LogP contribution is 2.23. The lowest BCUT2D eigenvalue weighted by molar-refractivity contribution is -0.123. The lowest BCUT2D eigenvalue weighted by Gasteiger charge is -2.25. The highest BCUT2D eigenvalue weighted by Gasteiger charge is 2.24. The monoisotopic (exact) mass is 473 g/mol. The molecular formula is C20H25Cl2N3O2S2. The summed E-state index contributed by atoms with van der Waals surface area (Å²) in [5.41, 5.74) is 0.294. The minimum absolute atomic E-state index is 0.0709. The van der Waals surface area contributed by atoms with Crippen LogP contribution in [0, 0.1) is 0 Å². The van der Waals surface area contributed by atoms with E-state index < -0.39 is 11.9 Å². The van der Waals surface area contributed by atoms with E-state index in [4.69, 9.17) is 23.2 Å². The van der Waals surface area contributed by atoms with Gasteiger partial charge in [0.15, 0.2) is 0 Å². The summed E-state index contributed by atoms with van der Waals surface area (Å²) in [6.45, 7) is 0.458. The Morgan fingerprint density at radius 2 is 2.00 bits per heavy atom. The summed E-state index contributed by atoms with van der Waals surface area (Å²) in [5.74, 6) is 0.144. The summed E-state index contributed by atoms with van der Waals surface area (Å²) in [7, 11) is 3.96. The molecule has 5 nitrogen and oxygen atoms in total. The van der Waals surface area contributed by atoms with E-state index in [0.29, 0.717) is 23.6 Å². The zero-order valence-corrected chi connectivity index (χ0v) is 19.7. The minimum Gasteiger partial charge on any atom is -0.352 e. The fourth-order valence-corrected chi connectivity index (χ4v) is 4.64. The number of nitrogens with zero attached hydrogens (tertiary/aromatic N) is 1. The van der Waals surface area contributed by atoms with Crippen molar-refractivity contribution in [2.75, 3.05) is 32.6 Å². The maximum absolute atomic E-state index is 12.8. The van der Waals surface area contributed by atoms with Crippen molar-refractivity contribution in [2.45, 2.75) is 18.5 Å². The molecule has 9 heteroatoms. The number of benzene rings is 1. The van der Waals surface area contributed by atoms with Gasteiger partial charge >= 0.3 is 0 Å². The third-order valence-electron chi connectivity index (χ3n) is 4.37. The Kier molecular flexibility index (Phi) is 9.79. The smallest absolute Gasteiger partial charge is 0.253 e. The van der Waals surface area contributed by atoms with Crippen molar-refractivity contribution in [3.8, 4) is 0 Å². The SMILES string of the molecule is CSCC[C@H](NC(=O)c1ccc(Cl)cc1Cl)C(=O)NC[C@@H](c1cccs1)N(C)C. The number of amides is 2. The van der Waals surface area contributed by atoms with Gasteiger partial charge in [0.25, 0.3) is 5.91 Å². The van der Waals surface area contributed by atoms with E-state index in [1.807, 2.05) is 31.8 Å². The molecule has 158 valence electrons. The molecule has 2 atom stereocenters. The van der Waals surface area contributed by atoms with Crippen molar-refractivity contribution < 1.29 is 9.59 Å². The Morgan fingerprint density at radius 1 is 1.24 bits per heavy atom. The second-order valence-electron chi connectivity index (χ2n) is 6.67. The van der Waals surface area contributed by atoms with Crippen LogP contribution in [0.1, 0.15) is 27.7 Å². The molecule has 0 radical (unpaired) electrons. The molecule has 0 saturated carbocycles. The summed E-state index contributed by atoms with van der Waals surface area (Å²) in [4.78, 5) is 28.7. The second kappa shape index (κ2) is 11.8. The van der Waals surface area contributed by atoms with E-state index in [2.05, 4.69) is 21.6 Å². The third-order valence-corrected chi connectivity index (χ3v) is 6.54. The second-order valence-corrected chi connectivity index (χ2v) is 9.48. The van der Waals surface area contributed by atoms with Gasteiger partial charge in [-0.25, -0.2) is 0 Å². The molecule has 2 aromatic rings. The third kappa shape index (κ3) is 7.19. The zero-order chi connectivity index (χ0) is 21.4. The van der Waals surface area contributed by atoms with Gasteiger partial charge in [-0.2, -0.15) is 11.8 Å². The van der Waals surface area contributed by atoms with Crippen LogP contribution in [0.2, 0.25) is 10.0 Å². The summed E-state index contributed by atoms with van der Waals surface area (Å²) in [5, 5.41) is 8.53. The molecule has 0 bridgehead atoms. The maximum atomic E-state index is 12.8. The van der Waals surface area contributed by atoms with Crippen LogP contribution in [0.5, 0.6) is 0 Å². The first-order valence-electron chi connectivity index (χ1n) is 9.06. The van der Waals surface area contributed by atoms with Gasteiger partial charge in [-0.15, -0.1) is 11.3 Å². The Labute approximate surface area is 190 Å². The predicted molar refractivity (Wildman–Crippen MR) is 124 cm³/mol.